The molecule has 0 spiro atoms. The Hall–Kier alpha value is -1.89. The van der Waals surface area contributed by atoms with Crippen LogP contribution in [0.2, 0.25) is 0 Å². The number of aryl methyl sites for hydroxylation is 1. The molecule has 19 heavy (non-hydrogen) atoms. The molecular weight excluding hydrogens is 252 g/mol. The third kappa shape index (κ3) is 3.11. The maximum absolute atomic E-state index is 13.3. The van der Waals surface area contributed by atoms with E-state index in [-0.39, 0.29) is 6.04 Å². The molecule has 2 rings (SSSR count). The van der Waals surface area contributed by atoms with Crippen LogP contribution in [0.4, 0.5) is 8.78 Å². The van der Waals surface area contributed by atoms with E-state index < -0.39 is 11.6 Å². The van der Waals surface area contributed by atoms with Gasteiger partial charge in [0.2, 0.25) is 0 Å². The van der Waals surface area contributed by atoms with Crippen LogP contribution in [0, 0.1) is 18.6 Å². The summed E-state index contributed by atoms with van der Waals surface area (Å²) < 4.78 is 26.3. The van der Waals surface area contributed by atoms with Gasteiger partial charge in [0, 0.05) is 0 Å². The highest BCUT2D eigenvalue weighted by molar-refractivity contribution is 5.21. The molecule has 0 fully saturated rings. The van der Waals surface area contributed by atoms with Crippen molar-refractivity contribution in [1.29, 1.82) is 0 Å². The number of nitrogens with zero attached hydrogens (tertiary/aromatic N) is 4. The Morgan fingerprint density at radius 3 is 2.68 bits per heavy atom. The summed E-state index contributed by atoms with van der Waals surface area (Å²) in [5.74, 6) is -1.19. The molecule has 0 bridgehead atoms. The van der Waals surface area contributed by atoms with Gasteiger partial charge in [-0.05, 0) is 49.8 Å². The summed E-state index contributed by atoms with van der Waals surface area (Å²) in [6, 6.07) is 3.55. The van der Waals surface area contributed by atoms with Crippen LogP contribution in [-0.2, 0) is 0 Å². The highest BCUT2D eigenvalue weighted by Crippen LogP contribution is 2.21. The lowest BCUT2D eigenvalue weighted by Crippen LogP contribution is -2.20. The minimum absolute atomic E-state index is 0.274. The molecule has 0 amide bonds. The van der Waals surface area contributed by atoms with Gasteiger partial charge in [-0.1, -0.05) is 6.07 Å². The Morgan fingerprint density at radius 1 is 1.32 bits per heavy atom. The Bertz CT molecular complexity index is 555. The van der Waals surface area contributed by atoms with Crippen molar-refractivity contribution in [3.8, 4) is 0 Å². The molecular formula is C12H15F2N5. The second-order valence-corrected chi connectivity index (χ2v) is 4.24. The molecule has 0 radical (unpaired) electrons. The van der Waals surface area contributed by atoms with Gasteiger partial charge in [0.1, 0.15) is 0 Å². The van der Waals surface area contributed by atoms with Gasteiger partial charge in [0.15, 0.2) is 17.5 Å². The molecule has 0 saturated heterocycles. The minimum atomic E-state index is -0.871. The summed E-state index contributed by atoms with van der Waals surface area (Å²) >= 11 is 0. The first kappa shape index (κ1) is 13.5. The van der Waals surface area contributed by atoms with Gasteiger partial charge in [0.25, 0.3) is 0 Å². The molecule has 1 heterocycles. The molecule has 1 atom stereocenters. The average Bonchev–Trinajstić information content (AvgIpc) is 2.80. The maximum Gasteiger partial charge on any atom is 0.171 e. The zero-order chi connectivity index (χ0) is 13.8. The monoisotopic (exact) mass is 267 g/mol. The van der Waals surface area contributed by atoms with Gasteiger partial charge in [0.05, 0.1) is 6.04 Å². The number of nitrogens with one attached hydrogen (secondary N) is 1. The number of hydrogen-bond donors (Lipinski definition) is 1. The van der Waals surface area contributed by atoms with Gasteiger partial charge in [-0.2, -0.15) is 4.80 Å². The Kier molecular flexibility index (Phi) is 4.16. The van der Waals surface area contributed by atoms with Crippen LogP contribution in [0.5, 0.6) is 0 Å². The third-order valence-corrected chi connectivity index (χ3v) is 2.80. The topological polar surface area (TPSA) is 55.6 Å². The average molecular weight is 267 g/mol. The van der Waals surface area contributed by atoms with Crippen molar-refractivity contribution in [3.63, 3.8) is 0 Å². The van der Waals surface area contributed by atoms with E-state index in [0.29, 0.717) is 24.4 Å². The van der Waals surface area contributed by atoms with E-state index in [1.54, 1.807) is 6.92 Å². The Morgan fingerprint density at radius 2 is 2.11 bits per heavy atom. The molecule has 5 nitrogen and oxygen atoms in total. The van der Waals surface area contributed by atoms with E-state index in [1.165, 1.54) is 16.9 Å². The number of halogens is 2. The standard InChI is InChI=1S/C12H15F2N5/c1-8-16-18-19(17-8)12(5-6-15-2)9-3-4-10(13)11(14)7-9/h3-4,7,12,15H,5-6H2,1-2H3. The highest BCUT2D eigenvalue weighted by atomic mass is 19.2. The molecule has 1 unspecified atom stereocenters. The molecule has 7 heteroatoms. The fourth-order valence-corrected chi connectivity index (χ4v) is 1.85. The van der Waals surface area contributed by atoms with E-state index in [0.717, 1.165) is 6.07 Å². The summed E-state index contributed by atoms with van der Waals surface area (Å²) in [5.41, 5.74) is 0.617. The number of benzene rings is 1. The van der Waals surface area contributed by atoms with Gasteiger partial charge >= 0.3 is 0 Å². The van der Waals surface area contributed by atoms with Gasteiger partial charge in [-0.15, -0.1) is 10.2 Å². The van der Waals surface area contributed by atoms with Crippen molar-refractivity contribution >= 4 is 0 Å². The lowest BCUT2D eigenvalue weighted by atomic mass is 10.0. The second kappa shape index (κ2) is 5.83. The first-order valence-electron chi connectivity index (χ1n) is 5.97. The molecule has 102 valence electrons. The lowest BCUT2D eigenvalue weighted by molar-refractivity contribution is 0.417. The highest BCUT2D eigenvalue weighted by Gasteiger charge is 2.18. The number of hydrogen-bond acceptors (Lipinski definition) is 4. The summed E-state index contributed by atoms with van der Waals surface area (Å²) in [6.07, 6.45) is 0.650. The van der Waals surface area contributed by atoms with Crippen LogP contribution in [0.15, 0.2) is 18.2 Å². The molecule has 0 aliphatic carbocycles. The number of rotatable bonds is 5. The quantitative estimate of drug-likeness (QED) is 0.891. The maximum atomic E-state index is 13.3. The number of aromatic nitrogens is 4. The predicted molar refractivity (Wildman–Crippen MR) is 65.6 cm³/mol. The van der Waals surface area contributed by atoms with E-state index in [4.69, 9.17) is 0 Å². The van der Waals surface area contributed by atoms with Crippen LogP contribution in [0.3, 0.4) is 0 Å². The third-order valence-electron chi connectivity index (χ3n) is 2.80. The van der Waals surface area contributed by atoms with Crippen LogP contribution in [0.25, 0.3) is 0 Å². The van der Waals surface area contributed by atoms with Gasteiger partial charge in [-0.25, -0.2) is 8.78 Å². The van der Waals surface area contributed by atoms with Gasteiger partial charge < -0.3 is 5.32 Å². The van der Waals surface area contributed by atoms with Crippen LogP contribution < -0.4 is 5.32 Å². The van der Waals surface area contributed by atoms with Crippen molar-refractivity contribution in [3.05, 3.63) is 41.2 Å². The first-order valence-corrected chi connectivity index (χ1v) is 5.97. The smallest absolute Gasteiger partial charge is 0.171 e. The van der Waals surface area contributed by atoms with Crippen molar-refractivity contribution in [1.82, 2.24) is 25.5 Å². The SMILES string of the molecule is CNCCC(c1ccc(F)c(F)c1)n1nnc(C)n1. The molecule has 1 aromatic carbocycles. The first-order chi connectivity index (χ1) is 9.11. The van der Waals surface area contributed by atoms with Crippen molar-refractivity contribution in [2.24, 2.45) is 0 Å². The van der Waals surface area contributed by atoms with E-state index in [2.05, 4.69) is 20.7 Å². The largest absolute Gasteiger partial charge is 0.320 e. The van der Waals surface area contributed by atoms with Gasteiger partial charge in [-0.3, -0.25) is 0 Å². The molecule has 0 aliphatic heterocycles. The fourth-order valence-electron chi connectivity index (χ4n) is 1.85. The molecule has 1 N–H and O–H groups in total. The zero-order valence-electron chi connectivity index (χ0n) is 10.8. The summed E-state index contributed by atoms with van der Waals surface area (Å²) in [4.78, 5) is 1.43. The molecule has 0 aliphatic rings. The Balaban J connectivity index is 2.33. The molecule has 0 saturated carbocycles. The normalized spacial score (nSPS) is 12.6. The molecule has 1 aromatic heterocycles. The van der Waals surface area contributed by atoms with E-state index in [1.807, 2.05) is 7.05 Å². The van der Waals surface area contributed by atoms with E-state index >= 15 is 0 Å². The zero-order valence-corrected chi connectivity index (χ0v) is 10.8. The fraction of sp³-hybridized carbons (Fsp3) is 0.417. The minimum Gasteiger partial charge on any atom is -0.320 e. The van der Waals surface area contributed by atoms with Crippen LogP contribution in [-0.4, -0.2) is 33.8 Å². The lowest BCUT2D eigenvalue weighted by Gasteiger charge is -2.16. The summed E-state index contributed by atoms with van der Waals surface area (Å²) in [6.45, 7) is 2.42. The van der Waals surface area contributed by atoms with Crippen LogP contribution in [0.1, 0.15) is 23.9 Å². The van der Waals surface area contributed by atoms with Crippen molar-refractivity contribution in [2.45, 2.75) is 19.4 Å². The van der Waals surface area contributed by atoms with Crippen molar-refractivity contribution in [2.75, 3.05) is 13.6 Å². The Labute approximate surface area is 109 Å². The van der Waals surface area contributed by atoms with Crippen LogP contribution >= 0.6 is 0 Å². The van der Waals surface area contributed by atoms with Crippen molar-refractivity contribution < 1.29 is 8.78 Å². The molecule has 2 aromatic rings. The predicted octanol–water partition coefficient (Wildman–Crippen LogP) is 1.46. The number of tetrazole rings is 1. The van der Waals surface area contributed by atoms with E-state index in [9.17, 15) is 8.78 Å². The second-order valence-electron chi connectivity index (χ2n) is 4.24. The summed E-state index contributed by atoms with van der Waals surface area (Å²) in [7, 11) is 1.82. The summed E-state index contributed by atoms with van der Waals surface area (Å²) in [5, 5.41) is 14.9.